The lowest BCUT2D eigenvalue weighted by Gasteiger charge is -2.28. The van der Waals surface area contributed by atoms with Gasteiger partial charge >= 0.3 is 0 Å². The van der Waals surface area contributed by atoms with E-state index in [1.807, 2.05) is 24.3 Å². The molecule has 8 heteroatoms. The van der Waals surface area contributed by atoms with Crippen molar-refractivity contribution in [2.45, 2.75) is 12.7 Å². The maximum Gasteiger partial charge on any atom is 0.258 e. The average Bonchev–Trinajstić information content (AvgIpc) is 3.06. The summed E-state index contributed by atoms with van der Waals surface area (Å²) in [6.07, 6.45) is 1.15. The summed E-state index contributed by atoms with van der Waals surface area (Å²) in [4.78, 5) is 19.4. The van der Waals surface area contributed by atoms with Crippen LogP contribution in [0.15, 0.2) is 54.7 Å². The first-order valence-electron chi connectivity index (χ1n) is 9.62. The second-order valence-electron chi connectivity index (χ2n) is 6.95. The molecule has 0 fully saturated rings. The predicted octanol–water partition coefficient (Wildman–Crippen LogP) is 4.53. The number of methoxy groups -OCH3 is 3. The molecule has 0 saturated carbocycles. The van der Waals surface area contributed by atoms with Crippen LogP contribution in [0, 0.1) is 0 Å². The number of nitrogens with one attached hydrogen (secondary N) is 1. The molecule has 0 aliphatic carbocycles. The van der Waals surface area contributed by atoms with Gasteiger partial charge in [-0.25, -0.2) is 0 Å². The number of carbonyl (C=O) groups excluding carboxylic acids is 1. The SMILES string of the molecule is COc1ccc(CN2C(=O)c3cccnc3C2Nc2c(Cl)cc(OC)cc2OC)cc1. The van der Waals surface area contributed by atoms with Crippen molar-refractivity contribution in [1.29, 1.82) is 0 Å². The van der Waals surface area contributed by atoms with Crippen molar-refractivity contribution in [3.63, 3.8) is 0 Å². The van der Waals surface area contributed by atoms with Gasteiger partial charge < -0.3 is 24.4 Å². The van der Waals surface area contributed by atoms with E-state index in [1.54, 1.807) is 56.7 Å². The van der Waals surface area contributed by atoms with E-state index < -0.39 is 6.17 Å². The number of anilines is 1. The molecule has 3 aromatic rings. The highest BCUT2D eigenvalue weighted by atomic mass is 35.5. The number of rotatable bonds is 7. The molecule has 1 unspecified atom stereocenters. The molecule has 0 radical (unpaired) electrons. The van der Waals surface area contributed by atoms with E-state index in [-0.39, 0.29) is 5.91 Å². The Kier molecular flexibility index (Phi) is 5.86. The molecule has 0 bridgehead atoms. The van der Waals surface area contributed by atoms with E-state index in [1.165, 1.54) is 0 Å². The van der Waals surface area contributed by atoms with E-state index in [2.05, 4.69) is 10.3 Å². The first-order valence-corrected chi connectivity index (χ1v) is 10.0. The van der Waals surface area contributed by atoms with E-state index in [0.29, 0.717) is 40.0 Å². The maximum atomic E-state index is 13.2. The van der Waals surface area contributed by atoms with E-state index in [9.17, 15) is 4.79 Å². The van der Waals surface area contributed by atoms with Crippen LogP contribution in [0.3, 0.4) is 0 Å². The minimum absolute atomic E-state index is 0.111. The summed E-state index contributed by atoms with van der Waals surface area (Å²) in [5.41, 5.74) is 2.70. The summed E-state index contributed by atoms with van der Waals surface area (Å²) < 4.78 is 16.0. The van der Waals surface area contributed by atoms with Crippen LogP contribution in [0.5, 0.6) is 17.2 Å². The van der Waals surface area contributed by atoms with Gasteiger partial charge in [-0.2, -0.15) is 0 Å². The largest absolute Gasteiger partial charge is 0.497 e. The zero-order valence-corrected chi connectivity index (χ0v) is 18.1. The molecule has 1 aliphatic heterocycles. The Morgan fingerprint density at radius 2 is 1.77 bits per heavy atom. The predicted molar refractivity (Wildman–Crippen MR) is 118 cm³/mol. The second kappa shape index (κ2) is 8.73. The quantitative estimate of drug-likeness (QED) is 0.583. The minimum Gasteiger partial charge on any atom is -0.497 e. The summed E-state index contributed by atoms with van der Waals surface area (Å²) in [5, 5.41) is 3.78. The van der Waals surface area contributed by atoms with Crippen molar-refractivity contribution in [3.8, 4) is 17.2 Å². The number of ether oxygens (including phenoxy) is 3. The number of benzene rings is 2. The van der Waals surface area contributed by atoms with Crippen LogP contribution in [-0.2, 0) is 6.54 Å². The minimum atomic E-state index is -0.523. The second-order valence-corrected chi connectivity index (χ2v) is 7.36. The van der Waals surface area contributed by atoms with E-state index >= 15 is 0 Å². The van der Waals surface area contributed by atoms with Gasteiger partial charge in [-0.05, 0) is 29.8 Å². The topological polar surface area (TPSA) is 72.9 Å². The molecule has 160 valence electrons. The lowest BCUT2D eigenvalue weighted by atomic mass is 10.2. The smallest absolute Gasteiger partial charge is 0.258 e. The van der Waals surface area contributed by atoms with Crippen molar-refractivity contribution in [2.24, 2.45) is 0 Å². The van der Waals surface area contributed by atoms with Gasteiger partial charge in [0.15, 0.2) is 0 Å². The number of pyridine rings is 1. The van der Waals surface area contributed by atoms with Gasteiger partial charge in [0.2, 0.25) is 0 Å². The van der Waals surface area contributed by atoms with Crippen LogP contribution in [0.1, 0.15) is 27.8 Å². The normalized spacial score (nSPS) is 14.9. The first kappa shape index (κ1) is 20.8. The molecule has 1 N–H and O–H groups in total. The molecular weight excluding hydrogens is 418 g/mol. The lowest BCUT2D eigenvalue weighted by Crippen LogP contribution is -2.32. The molecule has 1 amide bonds. The number of fused-ring (bicyclic) bond motifs is 1. The Hall–Kier alpha value is -3.45. The van der Waals surface area contributed by atoms with Gasteiger partial charge in [-0.3, -0.25) is 9.78 Å². The Balaban J connectivity index is 1.71. The molecule has 0 saturated heterocycles. The number of hydrogen-bond acceptors (Lipinski definition) is 6. The van der Waals surface area contributed by atoms with Gasteiger partial charge in [0.05, 0.1) is 43.3 Å². The Morgan fingerprint density at radius 1 is 1.03 bits per heavy atom. The molecule has 2 heterocycles. The zero-order chi connectivity index (χ0) is 22.0. The van der Waals surface area contributed by atoms with Crippen LogP contribution in [0.2, 0.25) is 5.02 Å². The molecule has 1 atom stereocenters. The summed E-state index contributed by atoms with van der Waals surface area (Å²) in [6, 6.07) is 14.6. The van der Waals surface area contributed by atoms with Gasteiger partial charge in [-0.15, -0.1) is 0 Å². The summed E-state index contributed by atoms with van der Waals surface area (Å²) in [7, 11) is 4.73. The third-order valence-electron chi connectivity index (χ3n) is 5.18. The number of halogens is 1. The highest BCUT2D eigenvalue weighted by Gasteiger charge is 2.38. The van der Waals surface area contributed by atoms with Gasteiger partial charge in [0, 0.05) is 24.9 Å². The highest BCUT2D eigenvalue weighted by molar-refractivity contribution is 6.33. The van der Waals surface area contributed by atoms with Gasteiger partial charge in [0.25, 0.3) is 5.91 Å². The molecule has 4 rings (SSSR count). The van der Waals surface area contributed by atoms with Gasteiger partial charge in [-0.1, -0.05) is 23.7 Å². The lowest BCUT2D eigenvalue weighted by molar-refractivity contribution is 0.0727. The number of aromatic nitrogens is 1. The fourth-order valence-corrected chi connectivity index (χ4v) is 3.84. The number of amides is 1. The molecule has 2 aromatic carbocycles. The zero-order valence-electron chi connectivity index (χ0n) is 17.4. The van der Waals surface area contributed by atoms with Crippen LogP contribution < -0.4 is 19.5 Å². The third-order valence-corrected chi connectivity index (χ3v) is 5.47. The van der Waals surface area contributed by atoms with Crippen molar-refractivity contribution < 1.29 is 19.0 Å². The maximum absolute atomic E-state index is 13.2. The third kappa shape index (κ3) is 3.96. The average molecular weight is 440 g/mol. The number of nitrogens with zero attached hydrogens (tertiary/aromatic N) is 2. The van der Waals surface area contributed by atoms with E-state index in [4.69, 9.17) is 25.8 Å². The number of hydrogen-bond donors (Lipinski definition) is 1. The fourth-order valence-electron chi connectivity index (χ4n) is 3.59. The van der Waals surface area contributed by atoms with Crippen molar-refractivity contribution in [1.82, 2.24) is 9.88 Å². The van der Waals surface area contributed by atoms with Gasteiger partial charge in [0.1, 0.15) is 23.4 Å². The van der Waals surface area contributed by atoms with Crippen molar-refractivity contribution in [3.05, 3.63) is 76.6 Å². The van der Waals surface area contributed by atoms with Crippen molar-refractivity contribution >= 4 is 23.2 Å². The molecular formula is C23H22ClN3O4. The first-order chi connectivity index (χ1) is 15.0. The van der Waals surface area contributed by atoms with Crippen LogP contribution >= 0.6 is 11.6 Å². The van der Waals surface area contributed by atoms with Crippen molar-refractivity contribution in [2.75, 3.05) is 26.6 Å². The molecule has 7 nitrogen and oxygen atoms in total. The molecule has 1 aromatic heterocycles. The summed E-state index contributed by atoms with van der Waals surface area (Å²) in [5.74, 6) is 1.72. The Labute approximate surface area is 185 Å². The fraction of sp³-hybridized carbons (Fsp3) is 0.217. The standard InChI is InChI=1S/C23H22ClN3O4/c1-29-15-8-6-14(7-9-15)13-27-22(20-17(23(27)28)5-4-10-25-20)26-21-18(24)11-16(30-2)12-19(21)31-3/h4-12,22,26H,13H2,1-3H3. The van der Waals surface area contributed by atoms with Crippen LogP contribution in [0.25, 0.3) is 0 Å². The Morgan fingerprint density at radius 3 is 2.45 bits per heavy atom. The molecule has 31 heavy (non-hydrogen) atoms. The van der Waals surface area contributed by atoms with Crippen LogP contribution in [-0.4, -0.2) is 37.1 Å². The highest BCUT2D eigenvalue weighted by Crippen LogP contribution is 2.42. The van der Waals surface area contributed by atoms with Crippen LogP contribution in [0.4, 0.5) is 5.69 Å². The molecule has 1 aliphatic rings. The van der Waals surface area contributed by atoms with E-state index in [0.717, 1.165) is 11.3 Å². The summed E-state index contributed by atoms with van der Waals surface area (Å²) >= 11 is 6.52. The monoisotopic (exact) mass is 439 g/mol. The Bertz CT molecular complexity index is 1100. The molecule has 0 spiro atoms. The summed E-state index contributed by atoms with van der Waals surface area (Å²) in [6.45, 7) is 0.382. The number of carbonyl (C=O) groups is 1.